The van der Waals surface area contributed by atoms with Gasteiger partial charge in [0.1, 0.15) is 6.54 Å². The van der Waals surface area contributed by atoms with Gasteiger partial charge in [-0.3, -0.25) is 14.2 Å². The van der Waals surface area contributed by atoms with E-state index in [2.05, 4.69) is 24.5 Å². The fraction of sp³-hybridized carbons (Fsp3) is 0.214. The third-order valence-electron chi connectivity index (χ3n) is 5.75. The number of aryl methyl sites for hydroxylation is 1. The first-order valence-electron chi connectivity index (χ1n) is 11.2. The van der Waals surface area contributed by atoms with Crippen LogP contribution in [0.5, 0.6) is 0 Å². The molecule has 0 aliphatic heterocycles. The first-order valence-corrected chi connectivity index (χ1v) is 11.2. The molecular weight excluding hydrogens is 410 g/mol. The van der Waals surface area contributed by atoms with Gasteiger partial charge in [0.15, 0.2) is 0 Å². The van der Waals surface area contributed by atoms with Crippen molar-refractivity contribution in [2.45, 2.75) is 39.8 Å². The van der Waals surface area contributed by atoms with E-state index in [0.717, 1.165) is 27.8 Å². The minimum atomic E-state index is -0.231. The van der Waals surface area contributed by atoms with Crippen molar-refractivity contribution < 1.29 is 4.79 Å². The standard InChI is InChI=1S/C28H29N3O2/c1-19(2)21-11-13-25(14-12-21)30-27(32)18-31-26-15-20(3)9-10-22(26)16-23(28(31)33)17-29-24-7-5-4-6-8-24/h4-16,19,29H,17-18H2,1-3H3,(H,30,32). The third kappa shape index (κ3) is 5.32. The zero-order valence-corrected chi connectivity index (χ0v) is 19.3. The molecule has 0 bridgehead atoms. The molecule has 1 aromatic heterocycles. The number of pyridine rings is 1. The Morgan fingerprint density at radius 1 is 0.909 bits per heavy atom. The van der Waals surface area contributed by atoms with Gasteiger partial charge in [0.05, 0.1) is 5.52 Å². The molecule has 168 valence electrons. The quantitative estimate of drug-likeness (QED) is 0.389. The number of hydrogen-bond donors (Lipinski definition) is 2. The lowest BCUT2D eigenvalue weighted by Crippen LogP contribution is -2.30. The molecule has 0 fully saturated rings. The van der Waals surface area contributed by atoms with Crippen LogP contribution in [0.4, 0.5) is 11.4 Å². The highest BCUT2D eigenvalue weighted by Crippen LogP contribution is 2.19. The molecule has 0 unspecified atom stereocenters. The Morgan fingerprint density at radius 3 is 2.33 bits per heavy atom. The second-order valence-electron chi connectivity index (χ2n) is 8.67. The Hall–Kier alpha value is -3.86. The van der Waals surface area contributed by atoms with Gasteiger partial charge in [-0.25, -0.2) is 0 Å². The summed E-state index contributed by atoms with van der Waals surface area (Å²) in [6.07, 6.45) is 0. The van der Waals surface area contributed by atoms with E-state index in [0.29, 0.717) is 18.0 Å². The Kier molecular flexibility index (Phi) is 6.59. The number of anilines is 2. The Bertz CT molecular complexity index is 1320. The maximum Gasteiger partial charge on any atom is 0.256 e. The van der Waals surface area contributed by atoms with Crippen LogP contribution in [-0.2, 0) is 17.9 Å². The molecule has 1 amide bonds. The second-order valence-corrected chi connectivity index (χ2v) is 8.67. The van der Waals surface area contributed by atoms with Crippen molar-refractivity contribution in [1.29, 1.82) is 0 Å². The molecule has 0 atom stereocenters. The highest BCUT2D eigenvalue weighted by molar-refractivity contribution is 5.92. The molecule has 5 nitrogen and oxygen atoms in total. The molecular formula is C28H29N3O2. The van der Waals surface area contributed by atoms with E-state index >= 15 is 0 Å². The van der Waals surface area contributed by atoms with Gasteiger partial charge in [-0.2, -0.15) is 0 Å². The highest BCUT2D eigenvalue weighted by Gasteiger charge is 2.13. The van der Waals surface area contributed by atoms with Crippen molar-refractivity contribution in [1.82, 2.24) is 4.57 Å². The monoisotopic (exact) mass is 439 g/mol. The minimum absolute atomic E-state index is 0.0517. The van der Waals surface area contributed by atoms with Crippen LogP contribution in [0.2, 0.25) is 0 Å². The maximum absolute atomic E-state index is 13.4. The van der Waals surface area contributed by atoms with Crippen molar-refractivity contribution in [2.75, 3.05) is 10.6 Å². The van der Waals surface area contributed by atoms with E-state index < -0.39 is 0 Å². The molecule has 2 N–H and O–H groups in total. The lowest BCUT2D eigenvalue weighted by molar-refractivity contribution is -0.116. The van der Waals surface area contributed by atoms with Crippen LogP contribution >= 0.6 is 0 Å². The number of carbonyl (C=O) groups excluding carboxylic acids is 1. The molecule has 33 heavy (non-hydrogen) atoms. The fourth-order valence-corrected chi connectivity index (χ4v) is 3.87. The number of hydrogen-bond acceptors (Lipinski definition) is 3. The Balaban J connectivity index is 1.61. The molecule has 4 rings (SSSR count). The average molecular weight is 440 g/mol. The molecule has 4 aromatic rings. The van der Waals surface area contributed by atoms with Gasteiger partial charge in [-0.15, -0.1) is 0 Å². The summed E-state index contributed by atoms with van der Waals surface area (Å²) in [7, 11) is 0. The van der Waals surface area contributed by atoms with E-state index in [1.165, 1.54) is 5.56 Å². The van der Waals surface area contributed by atoms with Gasteiger partial charge in [-0.05, 0) is 65.8 Å². The topological polar surface area (TPSA) is 63.1 Å². The number of carbonyl (C=O) groups is 1. The van der Waals surface area contributed by atoms with Gasteiger partial charge in [0.2, 0.25) is 5.91 Å². The number of aromatic nitrogens is 1. The average Bonchev–Trinajstić information content (AvgIpc) is 2.81. The number of benzene rings is 3. The lowest BCUT2D eigenvalue weighted by Gasteiger charge is -2.15. The normalized spacial score (nSPS) is 11.0. The van der Waals surface area contributed by atoms with Crippen LogP contribution in [0, 0.1) is 6.92 Å². The largest absolute Gasteiger partial charge is 0.381 e. The fourth-order valence-electron chi connectivity index (χ4n) is 3.87. The third-order valence-corrected chi connectivity index (χ3v) is 5.75. The molecule has 0 saturated heterocycles. The van der Waals surface area contributed by atoms with E-state index in [-0.39, 0.29) is 18.0 Å². The maximum atomic E-state index is 13.4. The van der Waals surface area contributed by atoms with Crippen LogP contribution in [-0.4, -0.2) is 10.5 Å². The zero-order valence-electron chi connectivity index (χ0n) is 19.3. The SMILES string of the molecule is Cc1ccc2cc(CNc3ccccc3)c(=O)n(CC(=O)Nc3ccc(C(C)C)cc3)c2c1. The van der Waals surface area contributed by atoms with Gasteiger partial charge < -0.3 is 10.6 Å². The first-order chi connectivity index (χ1) is 15.9. The van der Waals surface area contributed by atoms with Crippen LogP contribution in [0.15, 0.2) is 83.7 Å². The van der Waals surface area contributed by atoms with Crippen molar-refractivity contribution in [3.63, 3.8) is 0 Å². The summed E-state index contributed by atoms with van der Waals surface area (Å²) in [6, 6.07) is 25.5. The number of fused-ring (bicyclic) bond motifs is 1. The number of nitrogens with one attached hydrogen (secondary N) is 2. The molecule has 3 aromatic carbocycles. The summed E-state index contributed by atoms with van der Waals surface area (Å²) in [5.74, 6) is 0.195. The number of nitrogens with zero attached hydrogens (tertiary/aromatic N) is 1. The van der Waals surface area contributed by atoms with Crippen molar-refractivity contribution in [3.8, 4) is 0 Å². The molecule has 0 saturated carbocycles. The lowest BCUT2D eigenvalue weighted by atomic mass is 10.0. The zero-order chi connectivity index (χ0) is 23.4. The number of amides is 1. The molecule has 0 spiro atoms. The summed E-state index contributed by atoms with van der Waals surface area (Å²) in [4.78, 5) is 26.3. The van der Waals surface area contributed by atoms with E-state index in [1.807, 2.05) is 85.8 Å². The van der Waals surface area contributed by atoms with Crippen LogP contribution in [0.1, 0.15) is 36.5 Å². The minimum Gasteiger partial charge on any atom is -0.381 e. The molecule has 0 radical (unpaired) electrons. The summed E-state index contributed by atoms with van der Waals surface area (Å²) >= 11 is 0. The predicted octanol–water partition coefficient (Wildman–Crippen LogP) is 5.68. The van der Waals surface area contributed by atoms with Gasteiger partial charge in [0, 0.05) is 23.5 Å². The molecule has 0 aliphatic carbocycles. The molecule has 1 heterocycles. The van der Waals surface area contributed by atoms with Gasteiger partial charge in [-0.1, -0.05) is 56.3 Å². The van der Waals surface area contributed by atoms with E-state index in [4.69, 9.17) is 0 Å². The molecule has 5 heteroatoms. The smallest absolute Gasteiger partial charge is 0.256 e. The van der Waals surface area contributed by atoms with Crippen LogP contribution in [0.3, 0.4) is 0 Å². The summed E-state index contributed by atoms with van der Waals surface area (Å²) in [5.41, 5.74) is 5.12. The number of para-hydroxylation sites is 1. The van der Waals surface area contributed by atoms with Crippen LogP contribution in [0.25, 0.3) is 10.9 Å². The van der Waals surface area contributed by atoms with Crippen molar-refractivity contribution in [3.05, 3.63) is 106 Å². The Labute approximate surface area is 194 Å². The van der Waals surface area contributed by atoms with E-state index in [1.54, 1.807) is 4.57 Å². The second kappa shape index (κ2) is 9.74. The van der Waals surface area contributed by atoms with E-state index in [9.17, 15) is 9.59 Å². The van der Waals surface area contributed by atoms with Gasteiger partial charge >= 0.3 is 0 Å². The summed E-state index contributed by atoms with van der Waals surface area (Å²) in [5, 5.41) is 7.15. The highest BCUT2D eigenvalue weighted by atomic mass is 16.2. The Morgan fingerprint density at radius 2 is 1.64 bits per heavy atom. The summed E-state index contributed by atoms with van der Waals surface area (Å²) in [6.45, 7) is 6.57. The van der Waals surface area contributed by atoms with Crippen molar-refractivity contribution in [2.24, 2.45) is 0 Å². The predicted molar refractivity (Wildman–Crippen MR) is 136 cm³/mol. The van der Waals surface area contributed by atoms with Crippen LogP contribution < -0.4 is 16.2 Å². The van der Waals surface area contributed by atoms with Gasteiger partial charge in [0.25, 0.3) is 5.56 Å². The number of rotatable bonds is 7. The van der Waals surface area contributed by atoms with Crippen molar-refractivity contribution >= 4 is 28.2 Å². The summed E-state index contributed by atoms with van der Waals surface area (Å²) < 4.78 is 1.57. The molecule has 0 aliphatic rings. The first kappa shape index (κ1) is 22.3.